The van der Waals surface area contributed by atoms with Crippen molar-refractivity contribution in [3.05, 3.63) is 120 Å². The third-order valence-electron chi connectivity index (χ3n) is 6.21. The quantitative estimate of drug-likeness (QED) is 0.226. The van der Waals surface area contributed by atoms with Crippen molar-refractivity contribution in [3.63, 3.8) is 0 Å². The van der Waals surface area contributed by atoms with Gasteiger partial charge < -0.3 is 16.4 Å². The average molecular weight is 553 g/mol. The second kappa shape index (κ2) is 14.4. The predicted octanol–water partition coefficient (Wildman–Crippen LogP) is 1.71. The van der Waals surface area contributed by atoms with Crippen molar-refractivity contribution < 1.29 is 14.4 Å². The summed E-state index contributed by atoms with van der Waals surface area (Å²) in [6, 6.07) is 20.1. The molecule has 1 atom stereocenters. The van der Waals surface area contributed by atoms with E-state index in [1.807, 2.05) is 66.7 Å². The molecule has 4 aromatic rings. The molecular formula is C30H32N8O3. The number of hydrogen-bond donors (Lipinski definition) is 3. The highest BCUT2D eigenvalue weighted by atomic mass is 16.2. The lowest BCUT2D eigenvalue weighted by Gasteiger charge is -2.30. The third kappa shape index (κ3) is 8.73. The fraction of sp³-hybridized carbons (Fsp3) is 0.233. The number of nitrogens with zero attached hydrogens (tertiary/aromatic N) is 5. The van der Waals surface area contributed by atoms with Gasteiger partial charge >= 0.3 is 0 Å². The molecule has 210 valence electrons. The standard InChI is InChI=1S/C30H32N8O3/c1-21(39)37-27(30(41)36-18-28(31)40)16-22-11-12-24(35-17-22)20-38(19-23-8-2-5-13-32-23)29(25-9-3-6-14-33-25)26-10-4-7-15-34-26/h2-15,17,27,29H,16,18-20H2,1H3,(H2,31,40)(H,36,41)(H,37,39)/t27-/m0/s1. The van der Waals surface area contributed by atoms with Gasteiger partial charge in [-0.05, 0) is 48.0 Å². The summed E-state index contributed by atoms with van der Waals surface area (Å²) in [6.45, 7) is 1.99. The SMILES string of the molecule is CC(=O)N[C@@H](Cc1ccc(CN(Cc2ccccn2)C(c2ccccn2)c2ccccn2)nc1)C(=O)NCC(N)=O. The van der Waals surface area contributed by atoms with E-state index in [0.717, 1.165) is 28.3 Å². The molecule has 0 aliphatic carbocycles. The maximum atomic E-state index is 12.5. The van der Waals surface area contributed by atoms with Gasteiger partial charge in [-0.1, -0.05) is 24.3 Å². The van der Waals surface area contributed by atoms with Crippen LogP contribution in [0.3, 0.4) is 0 Å². The van der Waals surface area contributed by atoms with Crippen molar-refractivity contribution in [3.8, 4) is 0 Å². The molecule has 0 saturated carbocycles. The van der Waals surface area contributed by atoms with E-state index >= 15 is 0 Å². The lowest BCUT2D eigenvalue weighted by molar-refractivity contribution is -0.129. The molecule has 0 spiro atoms. The van der Waals surface area contributed by atoms with Crippen molar-refractivity contribution in [2.75, 3.05) is 6.54 Å². The van der Waals surface area contributed by atoms with Gasteiger partial charge in [-0.3, -0.25) is 39.2 Å². The molecule has 0 bridgehead atoms. The molecule has 0 fully saturated rings. The molecule has 4 aromatic heterocycles. The Morgan fingerprint density at radius 3 is 1.90 bits per heavy atom. The van der Waals surface area contributed by atoms with Gasteiger partial charge in [-0.2, -0.15) is 0 Å². The van der Waals surface area contributed by atoms with Gasteiger partial charge in [0.05, 0.1) is 35.4 Å². The molecule has 41 heavy (non-hydrogen) atoms. The normalized spacial score (nSPS) is 11.7. The number of amides is 3. The minimum atomic E-state index is -0.877. The van der Waals surface area contributed by atoms with Gasteiger partial charge in [-0.15, -0.1) is 0 Å². The van der Waals surface area contributed by atoms with Crippen LogP contribution < -0.4 is 16.4 Å². The minimum absolute atomic E-state index is 0.194. The fourth-order valence-electron chi connectivity index (χ4n) is 4.40. The highest BCUT2D eigenvalue weighted by Gasteiger charge is 2.26. The van der Waals surface area contributed by atoms with Crippen LogP contribution in [0.4, 0.5) is 0 Å². The van der Waals surface area contributed by atoms with Crippen LogP contribution in [0.5, 0.6) is 0 Å². The zero-order chi connectivity index (χ0) is 29.0. The Morgan fingerprint density at radius 2 is 1.41 bits per heavy atom. The first-order valence-electron chi connectivity index (χ1n) is 13.1. The number of primary amides is 1. The molecule has 4 rings (SSSR count). The van der Waals surface area contributed by atoms with Gasteiger partial charge in [0, 0.05) is 51.2 Å². The zero-order valence-corrected chi connectivity index (χ0v) is 22.7. The van der Waals surface area contributed by atoms with E-state index in [1.165, 1.54) is 6.92 Å². The Labute approximate surface area is 238 Å². The van der Waals surface area contributed by atoms with Gasteiger partial charge in [0.2, 0.25) is 17.7 Å². The summed E-state index contributed by atoms with van der Waals surface area (Å²) in [6.07, 6.45) is 7.17. The molecule has 0 radical (unpaired) electrons. The van der Waals surface area contributed by atoms with E-state index in [4.69, 9.17) is 5.73 Å². The van der Waals surface area contributed by atoms with Crippen molar-refractivity contribution in [2.45, 2.75) is 38.5 Å². The number of aromatic nitrogens is 4. The van der Waals surface area contributed by atoms with Gasteiger partial charge in [0.25, 0.3) is 0 Å². The molecule has 0 unspecified atom stereocenters. The van der Waals surface area contributed by atoms with Crippen molar-refractivity contribution in [2.24, 2.45) is 5.73 Å². The highest BCUT2D eigenvalue weighted by molar-refractivity contribution is 5.89. The smallest absolute Gasteiger partial charge is 0.243 e. The second-order valence-electron chi connectivity index (χ2n) is 9.44. The predicted molar refractivity (Wildman–Crippen MR) is 152 cm³/mol. The molecule has 11 heteroatoms. The number of carbonyl (C=O) groups is 3. The minimum Gasteiger partial charge on any atom is -0.368 e. The van der Waals surface area contributed by atoms with E-state index in [-0.39, 0.29) is 24.9 Å². The molecule has 0 aliphatic rings. The first-order valence-corrected chi connectivity index (χ1v) is 13.1. The number of nitrogens with two attached hydrogens (primary N) is 1. The van der Waals surface area contributed by atoms with Crippen molar-refractivity contribution in [1.29, 1.82) is 0 Å². The maximum Gasteiger partial charge on any atom is 0.243 e. The Morgan fingerprint density at radius 1 is 0.805 bits per heavy atom. The molecule has 4 heterocycles. The van der Waals surface area contributed by atoms with E-state index < -0.39 is 17.9 Å². The topological polar surface area (TPSA) is 156 Å². The summed E-state index contributed by atoms with van der Waals surface area (Å²) in [4.78, 5) is 56.0. The summed E-state index contributed by atoms with van der Waals surface area (Å²) >= 11 is 0. The van der Waals surface area contributed by atoms with E-state index in [0.29, 0.717) is 13.1 Å². The molecule has 0 aromatic carbocycles. The van der Waals surface area contributed by atoms with Gasteiger partial charge in [0.15, 0.2) is 0 Å². The first kappa shape index (κ1) is 29.0. The summed E-state index contributed by atoms with van der Waals surface area (Å²) in [5.41, 5.74) is 9.24. The largest absolute Gasteiger partial charge is 0.368 e. The second-order valence-corrected chi connectivity index (χ2v) is 9.44. The van der Waals surface area contributed by atoms with E-state index in [2.05, 4.69) is 35.5 Å². The summed E-state index contributed by atoms with van der Waals surface area (Å²) in [5.74, 6) is -1.54. The van der Waals surface area contributed by atoms with Crippen LogP contribution in [-0.4, -0.2) is 55.1 Å². The number of rotatable bonds is 13. The summed E-state index contributed by atoms with van der Waals surface area (Å²) in [7, 11) is 0. The lowest BCUT2D eigenvalue weighted by atomic mass is 10.0. The Kier molecular flexibility index (Phi) is 10.2. The number of hydrogen-bond acceptors (Lipinski definition) is 8. The Hall–Kier alpha value is -5.03. The fourth-order valence-corrected chi connectivity index (χ4v) is 4.40. The van der Waals surface area contributed by atoms with Crippen molar-refractivity contribution in [1.82, 2.24) is 35.5 Å². The molecule has 11 nitrogen and oxygen atoms in total. The van der Waals surface area contributed by atoms with Crippen LogP contribution in [0.15, 0.2) is 91.5 Å². The highest BCUT2D eigenvalue weighted by Crippen LogP contribution is 2.28. The van der Waals surface area contributed by atoms with Crippen LogP contribution in [-0.2, 0) is 33.9 Å². The Balaban J connectivity index is 1.59. The number of carbonyl (C=O) groups excluding carboxylic acids is 3. The summed E-state index contributed by atoms with van der Waals surface area (Å²) < 4.78 is 0. The van der Waals surface area contributed by atoms with Crippen LogP contribution in [0.25, 0.3) is 0 Å². The third-order valence-corrected chi connectivity index (χ3v) is 6.21. The molecule has 3 amide bonds. The van der Waals surface area contributed by atoms with Crippen LogP contribution in [0.1, 0.15) is 41.3 Å². The molecule has 0 saturated heterocycles. The number of nitrogens with one attached hydrogen (secondary N) is 2. The van der Waals surface area contributed by atoms with E-state index in [9.17, 15) is 14.4 Å². The van der Waals surface area contributed by atoms with Crippen LogP contribution in [0.2, 0.25) is 0 Å². The Bertz CT molecular complexity index is 1380. The zero-order valence-electron chi connectivity index (χ0n) is 22.7. The van der Waals surface area contributed by atoms with Gasteiger partial charge in [-0.25, -0.2) is 0 Å². The van der Waals surface area contributed by atoms with Crippen LogP contribution in [0, 0.1) is 0 Å². The summed E-state index contributed by atoms with van der Waals surface area (Å²) in [5, 5.41) is 5.06. The number of pyridine rings is 4. The molecule has 4 N–H and O–H groups in total. The monoisotopic (exact) mass is 552 g/mol. The van der Waals surface area contributed by atoms with Crippen molar-refractivity contribution >= 4 is 17.7 Å². The maximum absolute atomic E-state index is 12.5. The molecule has 0 aliphatic heterocycles. The first-order chi connectivity index (χ1) is 19.9. The molecular weight excluding hydrogens is 520 g/mol. The van der Waals surface area contributed by atoms with E-state index in [1.54, 1.807) is 24.8 Å². The lowest BCUT2D eigenvalue weighted by Crippen LogP contribution is -2.49. The van der Waals surface area contributed by atoms with Gasteiger partial charge in [0.1, 0.15) is 6.04 Å². The average Bonchev–Trinajstić information content (AvgIpc) is 2.98. The van der Waals surface area contributed by atoms with Crippen LogP contribution >= 0.6 is 0 Å².